The van der Waals surface area contributed by atoms with Crippen molar-refractivity contribution in [2.24, 2.45) is 0 Å². The van der Waals surface area contributed by atoms with Crippen LogP contribution in [0.1, 0.15) is 18.1 Å². The number of alkyl halides is 9. The van der Waals surface area contributed by atoms with Gasteiger partial charge in [0.05, 0.1) is 20.3 Å². The lowest BCUT2D eigenvalue weighted by atomic mass is 10.1. The Morgan fingerprint density at radius 1 is 0.870 bits per heavy atom. The predicted molar refractivity (Wildman–Crippen MR) is 141 cm³/mol. The average Bonchev–Trinajstić information content (AvgIpc) is 2.96. The third-order valence-electron chi connectivity index (χ3n) is 6.15. The lowest BCUT2D eigenvalue weighted by Gasteiger charge is -2.33. The highest BCUT2D eigenvalue weighted by molar-refractivity contribution is 5.73. The highest BCUT2D eigenvalue weighted by Gasteiger charge is 2.82. The van der Waals surface area contributed by atoms with Gasteiger partial charge in [0.15, 0.2) is 17.6 Å². The van der Waals surface area contributed by atoms with Gasteiger partial charge in [-0.05, 0) is 49.2 Å². The highest BCUT2D eigenvalue weighted by Crippen LogP contribution is 2.53. The summed E-state index contributed by atoms with van der Waals surface area (Å²) in [6.07, 6.45) is -15.7. The fraction of sp³-hybridized carbons (Fsp3) is 0.500. The number of benzene rings is 2. The number of carboxylic acids is 1. The molecule has 1 N–H and O–H groups in total. The molecule has 0 saturated carbocycles. The lowest BCUT2D eigenvalue weighted by molar-refractivity contribution is -0.443. The molecular formula is C28H30F9NO8. The van der Waals surface area contributed by atoms with Crippen LogP contribution in [0.15, 0.2) is 42.5 Å². The van der Waals surface area contributed by atoms with Gasteiger partial charge in [-0.25, -0.2) is 9.59 Å². The monoisotopic (exact) mass is 679 g/mol. The van der Waals surface area contributed by atoms with Crippen LogP contribution in [-0.2, 0) is 20.7 Å². The molecule has 46 heavy (non-hydrogen) atoms. The van der Waals surface area contributed by atoms with E-state index in [1.54, 1.807) is 19.9 Å². The third-order valence-corrected chi connectivity index (χ3v) is 6.15. The molecule has 0 radical (unpaired) electrons. The molecule has 0 spiro atoms. The largest absolute Gasteiger partial charge is 0.493 e. The van der Waals surface area contributed by atoms with E-state index in [9.17, 15) is 54.2 Å². The molecule has 0 bridgehead atoms. The Morgan fingerprint density at radius 2 is 1.48 bits per heavy atom. The summed E-state index contributed by atoms with van der Waals surface area (Å²) in [5.74, 6) is -15.2. The number of rotatable bonds is 17. The quantitative estimate of drug-likeness (QED) is 0.193. The van der Waals surface area contributed by atoms with E-state index in [4.69, 9.17) is 18.9 Å². The Kier molecular flexibility index (Phi) is 13.0. The molecular weight excluding hydrogens is 649 g/mol. The minimum Gasteiger partial charge on any atom is -0.493 e. The van der Waals surface area contributed by atoms with Crippen LogP contribution in [0.5, 0.6) is 17.2 Å². The number of amides is 1. The first-order valence-corrected chi connectivity index (χ1v) is 13.3. The van der Waals surface area contributed by atoms with Crippen LogP contribution in [0, 0.1) is 6.92 Å². The van der Waals surface area contributed by atoms with Gasteiger partial charge in [0.1, 0.15) is 12.4 Å². The van der Waals surface area contributed by atoms with Crippen LogP contribution in [0.3, 0.4) is 0 Å². The molecule has 1 atom stereocenters. The van der Waals surface area contributed by atoms with Crippen LogP contribution in [0.2, 0.25) is 0 Å². The molecule has 2 aromatic carbocycles. The van der Waals surface area contributed by atoms with Crippen LogP contribution < -0.4 is 14.2 Å². The molecule has 0 aliphatic carbocycles. The van der Waals surface area contributed by atoms with Gasteiger partial charge in [-0.1, -0.05) is 18.2 Å². The Bertz CT molecular complexity index is 1310. The summed E-state index contributed by atoms with van der Waals surface area (Å²) in [6.45, 7) is -0.165. The van der Waals surface area contributed by atoms with Crippen molar-refractivity contribution in [2.75, 3.05) is 40.0 Å². The van der Waals surface area contributed by atoms with Crippen molar-refractivity contribution in [1.82, 2.24) is 4.90 Å². The van der Waals surface area contributed by atoms with Crippen molar-refractivity contribution in [3.63, 3.8) is 0 Å². The van der Waals surface area contributed by atoms with Crippen LogP contribution in [-0.4, -0.2) is 92.3 Å². The lowest BCUT2D eigenvalue weighted by Crippen LogP contribution is -2.62. The SMILES string of the molecule is CCOC(Cc1ccc(OCCN(CCOC(F)(F)C(F)(F)C(F)(F)C(F)(F)F)C(=O)Oc2cc(C)ccc2OC)cc1)C(=O)O. The number of methoxy groups -OCH3 is 1. The maximum absolute atomic E-state index is 13.9. The Morgan fingerprint density at radius 3 is 2.02 bits per heavy atom. The first kappa shape index (κ1) is 38.3. The van der Waals surface area contributed by atoms with Crippen molar-refractivity contribution in [3.8, 4) is 17.2 Å². The normalized spacial score (nSPS) is 13.2. The second-order valence-corrected chi connectivity index (χ2v) is 9.50. The van der Waals surface area contributed by atoms with Crippen LogP contribution in [0.4, 0.5) is 44.3 Å². The van der Waals surface area contributed by atoms with E-state index in [-0.39, 0.29) is 30.3 Å². The van der Waals surface area contributed by atoms with E-state index in [2.05, 4.69) is 4.74 Å². The fourth-order valence-corrected chi connectivity index (χ4v) is 3.68. The zero-order valence-electron chi connectivity index (χ0n) is 24.5. The smallest absolute Gasteiger partial charge is 0.460 e. The van der Waals surface area contributed by atoms with Gasteiger partial charge in [-0.3, -0.25) is 0 Å². The number of nitrogens with zero attached hydrogens (tertiary/aromatic N) is 1. The van der Waals surface area contributed by atoms with Crippen molar-refractivity contribution < 1.29 is 77.9 Å². The zero-order valence-corrected chi connectivity index (χ0v) is 24.5. The number of carboxylic acid groups (broad SMARTS) is 1. The molecule has 0 heterocycles. The predicted octanol–water partition coefficient (Wildman–Crippen LogP) is 6.36. The fourth-order valence-electron chi connectivity index (χ4n) is 3.68. The first-order valence-electron chi connectivity index (χ1n) is 13.3. The molecule has 0 aromatic heterocycles. The maximum Gasteiger partial charge on any atom is 0.460 e. The zero-order chi connectivity index (χ0) is 34.9. The number of hydrogen-bond acceptors (Lipinski definition) is 7. The Labute approximate surface area is 256 Å². The van der Waals surface area contributed by atoms with E-state index in [0.717, 1.165) is 0 Å². The minimum absolute atomic E-state index is 0.0318. The summed E-state index contributed by atoms with van der Waals surface area (Å²) >= 11 is 0. The Balaban J connectivity index is 2.16. The van der Waals surface area contributed by atoms with Crippen molar-refractivity contribution in [1.29, 1.82) is 0 Å². The Hall–Kier alpha value is -3.93. The number of carbonyl (C=O) groups is 2. The molecule has 2 aromatic rings. The van der Waals surface area contributed by atoms with Crippen molar-refractivity contribution in [2.45, 2.75) is 50.5 Å². The molecule has 0 aliphatic rings. The van der Waals surface area contributed by atoms with Crippen LogP contribution in [0.25, 0.3) is 0 Å². The van der Waals surface area contributed by atoms with Gasteiger partial charge in [0.25, 0.3) is 0 Å². The average molecular weight is 680 g/mol. The van der Waals surface area contributed by atoms with Gasteiger partial charge >= 0.3 is 36.2 Å². The van der Waals surface area contributed by atoms with Gasteiger partial charge in [0, 0.05) is 19.6 Å². The van der Waals surface area contributed by atoms with Crippen molar-refractivity contribution >= 4 is 12.1 Å². The van der Waals surface area contributed by atoms with Gasteiger partial charge in [-0.2, -0.15) is 39.5 Å². The molecule has 1 amide bonds. The molecule has 18 heteroatoms. The summed E-state index contributed by atoms with van der Waals surface area (Å²) < 4.78 is 143. The van der Waals surface area contributed by atoms with Crippen LogP contribution >= 0.6 is 0 Å². The van der Waals surface area contributed by atoms with E-state index < -0.39 is 68.6 Å². The highest BCUT2D eigenvalue weighted by atomic mass is 19.4. The number of aryl methyl sites for hydroxylation is 1. The summed E-state index contributed by atoms with van der Waals surface area (Å²) in [5, 5.41) is 9.22. The van der Waals surface area contributed by atoms with E-state index in [1.165, 1.54) is 43.5 Å². The number of halogens is 9. The maximum atomic E-state index is 13.9. The summed E-state index contributed by atoms with van der Waals surface area (Å²) in [7, 11) is 1.24. The number of aliphatic carboxylic acids is 1. The van der Waals surface area contributed by atoms with Gasteiger partial charge in [0.2, 0.25) is 0 Å². The standard InChI is InChI=1S/C28H30F9NO8/c1-4-43-22(23(39)40)16-18-6-8-19(9-7-18)44-13-11-38(24(41)46-21-15-17(2)5-10-20(21)42-3)12-14-45-28(36,37)26(31,32)25(29,30)27(33,34)35/h5-10,15,22H,4,11-14,16H2,1-3H3,(H,39,40). The minimum atomic E-state index is -7.15. The molecule has 0 aliphatic heterocycles. The van der Waals surface area contributed by atoms with E-state index in [1.807, 2.05) is 0 Å². The topological polar surface area (TPSA) is 104 Å². The molecule has 1 unspecified atom stereocenters. The number of hydrogen-bond donors (Lipinski definition) is 1. The van der Waals surface area contributed by atoms with E-state index >= 15 is 0 Å². The number of carbonyl (C=O) groups excluding carboxylic acids is 1. The molecule has 0 fully saturated rings. The second kappa shape index (κ2) is 15.6. The molecule has 2 rings (SSSR count). The third kappa shape index (κ3) is 9.54. The van der Waals surface area contributed by atoms with E-state index in [0.29, 0.717) is 16.0 Å². The molecule has 0 saturated heterocycles. The van der Waals surface area contributed by atoms with Gasteiger partial charge < -0.3 is 33.7 Å². The first-order chi connectivity index (χ1) is 21.3. The number of ether oxygens (including phenoxy) is 5. The summed E-state index contributed by atoms with van der Waals surface area (Å²) in [5.41, 5.74) is 1.16. The summed E-state index contributed by atoms with van der Waals surface area (Å²) in [4.78, 5) is 24.8. The van der Waals surface area contributed by atoms with Gasteiger partial charge in [-0.15, -0.1) is 0 Å². The second-order valence-electron chi connectivity index (χ2n) is 9.50. The molecule has 258 valence electrons. The molecule has 9 nitrogen and oxygen atoms in total. The van der Waals surface area contributed by atoms with Crippen molar-refractivity contribution in [3.05, 3.63) is 53.6 Å². The summed E-state index contributed by atoms with van der Waals surface area (Å²) in [6, 6.07) is 10.3.